The molecule has 2 heterocycles. The van der Waals surface area contributed by atoms with Crippen LogP contribution in [0.1, 0.15) is 50.3 Å². The van der Waals surface area contributed by atoms with Crippen molar-refractivity contribution in [3.8, 4) is 0 Å². The summed E-state index contributed by atoms with van der Waals surface area (Å²) in [4.78, 5) is 9.59. The van der Waals surface area contributed by atoms with E-state index >= 15 is 0 Å². The molecule has 0 saturated carbocycles. The van der Waals surface area contributed by atoms with Gasteiger partial charge in [0.05, 0.1) is 10.4 Å². The monoisotopic (exact) mass is 331 g/mol. The molecule has 2 aliphatic rings. The van der Waals surface area contributed by atoms with E-state index in [4.69, 9.17) is 15.7 Å². The predicted octanol–water partition coefficient (Wildman–Crippen LogP) is 4.77. The zero-order valence-corrected chi connectivity index (χ0v) is 14.7. The molecule has 2 atom stereocenters. The second kappa shape index (κ2) is 5.53. The van der Waals surface area contributed by atoms with E-state index in [0.717, 1.165) is 45.4 Å². The maximum absolute atomic E-state index is 6.56. The number of hydrogen-bond donors (Lipinski definition) is 1. The fraction of sp³-hybridized carbons (Fsp3) is 0.529. The zero-order valence-electron chi connectivity index (χ0n) is 13.1. The smallest absolute Gasteiger partial charge is 0.173 e. The van der Waals surface area contributed by atoms with E-state index in [1.165, 1.54) is 23.3 Å². The zero-order chi connectivity index (χ0) is 15.3. The van der Waals surface area contributed by atoms with Gasteiger partial charge in [0.15, 0.2) is 9.99 Å². The number of allylic oxidation sites excluding steroid dienone is 2. The third kappa shape index (κ3) is 2.35. The molecule has 0 amide bonds. The van der Waals surface area contributed by atoms with Crippen LogP contribution in [0.3, 0.4) is 0 Å². The third-order valence-corrected chi connectivity index (χ3v) is 7.07. The molecule has 0 fully saturated rings. The average molecular weight is 332 g/mol. The Kier molecular flexibility index (Phi) is 3.65. The van der Waals surface area contributed by atoms with Crippen LogP contribution in [0.4, 0.5) is 5.69 Å². The first kappa shape index (κ1) is 14.5. The van der Waals surface area contributed by atoms with Gasteiger partial charge >= 0.3 is 0 Å². The Hall–Kier alpha value is -1.07. The predicted molar refractivity (Wildman–Crippen MR) is 95.8 cm³/mol. The number of nitrogens with two attached hydrogens (primary N) is 1. The van der Waals surface area contributed by atoms with Crippen molar-refractivity contribution in [3.05, 3.63) is 22.9 Å². The molecule has 22 heavy (non-hydrogen) atoms. The number of thioether (sulfide) groups is 1. The molecule has 2 bridgehead atoms. The van der Waals surface area contributed by atoms with Crippen LogP contribution in [-0.4, -0.2) is 15.7 Å². The molecule has 0 aromatic carbocycles. The SMILES string of the molecule is CCCSc1nc2nc3c(c(N)c2s1)C1CC(C)=CC(C3)C1. The molecule has 2 aromatic heterocycles. The molecular weight excluding hydrogens is 310 g/mol. The van der Waals surface area contributed by atoms with Gasteiger partial charge in [-0.3, -0.25) is 0 Å². The summed E-state index contributed by atoms with van der Waals surface area (Å²) in [5, 5.41) is 0. The Morgan fingerprint density at radius 2 is 2.23 bits per heavy atom. The van der Waals surface area contributed by atoms with Crippen LogP contribution in [0.2, 0.25) is 0 Å². The molecule has 2 unspecified atom stereocenters. The molecule has 3 nitrogen and oxygen atoms in total. The molecule has 0 spiro atoms. The molecule has 0 saturated heterocycles. The van der Waals surface area contributed by atoms with Gasteiger partial charge in [-0.1, -0.05) is 30.3 Å². The summed E-state index contributed by atoms with van der Waals surface area (Å²) in [7, 11) is 0. The quantitative estimate of drug-likeness (QED) is 0.650. The molecule has 2 aliphatic carbocycles. The Morgan fingerprint density at radius 1 is 1.36 bits per heavy atom. The highest BCUT2D eigenvalue weighted by Crippen LogP contribution is 2.47. The summed E-state index contributed by atoms with van der Waals surface area (Å²) in [6.45, 7) is 4.44. The largest absolute Gasteiger partial charge is 0.397 e. The van der Waals surface area contributed by atoms with Crippen LogP contribution in [0, 0.1) is 5.92 Å². The molecule has 0 radical (unpaired) electrons. The lowest BCUT2D eigenvalue weighted by atomic mass is 9.71. The van der Waals surface area contributed by atoms with Crippen molar-refractivity contribution in [1.82, 2.24) is 9.97 Å². The van der Waals surface area contributed by atoms with Crippen LogP contribution < -0.4 is 5.73 Å². The number of hydrogen-bond acceptors (Lipinski definition) is 5. The van der Waals surface area contributed by atoms with Gasteiger partial charge in [0, 0.05) is 17.0 Å². The van der Waals surface area contributed by atoms with Crippen LogP contribution >= 0.6 is 23.1 Å². The summed E-state index contributed by atoms with van der Waals surface area (Å²) < 4.78 is 2.21. The van der Waals surface area contributed by atoms with Gasteiger partial charge in [-0.05, 0) is 44.4 Å². The summed E-state index contributed by atoms with van der Waals surface area (Å²) in [6, 6.07) is 0. The minimum Gasteiger partial charge on any atom is -0.397 e. The van der Waals surface area contributed by atoms with Crippen molar-refractivity contribution in [2.75, 3.05) is 11.5 Å². The number of anilines is 1. The Morgan fingerprint density at radius 3 is 3.05 bits per heavy atom. The maximum atomic E-state index is 6.56. The van der Waals surface area contributed by atoms with E-state index in [0.29, 0.717) is 11.8 Å². The van der Waals surface area contributed by atoms with Crippen LogP contribution in [-0.2, 0) is 6.42 Å². The highest BCUT2D eigenvalue weighted by molar-refractivity contribution is 8.01. The van der Waals surface area contributed by atoms with Gasteiger partial charge in [-0.15, -0.1) is 11.3 Å². The summed E-state index contributed by atoms with van der Waals surface area (Å²) in [6.07, 6.45) is 6.99. The second-order valence-electron chi connectivity index (χ2n) is 6.48. The molecular formula is C17H21N3S2. The summed E-state index contributed by atoms with van der Waals surface area (Å²) in [5.41, 5.74) is 12.4. The van der Waals surface area contributed by atoms with Crippen LogP contribution in [0.5, 0.6) is 0 Å². The standard InChI is InChI=1S/C17H21N3S2/c1-3-4-21-17-20-16-15(22-17)14(18)13-11-6-9(2)5-10(7-11)8-12(13)19-16/h5,10-11H,3-4,6-8H2,1-2H3,(H2,18,19). The normalized spacial score (nSPS) is 23.5. The molecule has 116 valence electrons. The minimum absolute atomic E-state index is 0.560. The van der Waals surface area contributed by atoms with E-state index in [2.05, 4.69) is 19.9 Å². The lowest BCUT2D eigenvalue weighted by molar-refractivity contribution is 0.433. The van der Waals surface area contributed by atoms with Crippen molar-refractivity contribution in [3.63, 3.8) is 0 Å². The molecule has 2 aromatic rings. The van der Waals surface area contributed by atoms with Crippen molar-refractivity contribution in [1.29, 1.82) is 0 Å². The molecule has 0 aliphatic heterocycles. The van der Waals surface area contributed by atoms with E-state index in [1.54, 1.807) is 11.3 Å². The van der Waals surface area contributed by atoms with E-state index in [9.17, 15) is 0 Å². The van der Waals surface area contributed by atoms with E-state index < -0.39 is 0 Å². The number of pyridine rings is 1. The topological polar surface area (TPSA) is 51.8 Å². The van der Waals surface area contributed by atoms with Gasteiger partial charge in [0.2, 0.25) is 0 Å². The first-order valence-corrected chi connectivity index (χ1v) is 9.84. The van der Waals surface area contributed by atoms with Crippen molar-refractivity contribution in [2.45, 2.75) is 49.8 Å². The maximum Gasteiger partial charge on any atom is 0.173 e. The van der Waals surface area contributed by atoms with Gasteiger partial charge in [-0.2, -0.15) is 0 Å². The minimum atomic E-state index is 0.560. The first-order chi connectivity index (χ1) is 10.7. The van der Waals surface area contributed by atoms with Crippen LogP contribution in [0.15, 0.2) is 16.0 Å². The fourth-order valence-electron chi connectivity index (χ4n) is 3.86. The van der Waals surface area contributed by atoms with Gasteiger partial charge in [-0.25, -0.2) is 9.97 Å². The Balaban J connectivity index is 1.81. The summed E-state index contributed by atoms with van der Waals surface area (Å²) in [5.74, 6) is 2.31. The second-order valence-corrected chi connectivity index (χ2v) is 8.82. The number of nitrogen functional groups attached to an aromatic ring is 1. The number of fused-ring (bicyclic) bond motifs is 5. The number of aromatic nitrogens is 2. The highest BCUT2D eigenvalue weighted by Gasteiger charge is 2.33. The summed E-state index contributed by atoms with van der Waals surface area (Å²) >= 11 is 3.54. The van der Waals surface area contributed by atoms with Gasteiger partial charge in [0.25, 0.3) is 0 Å². The molecule has 2 N–H and O–H groups in total. The molecule has 4 rings (SSSR count). The van der Waals surface area contributed by atoms with Crippen molar-refractivity contribution < 1.29 is 0 Å². The van der Waals surface area contributed by atoms with Gasteiger partial charge in [0.1, 0.15) is 0 Å². The lowest BCUT2D eigenvalue weighted by Gasteiger charge is -2.34. The van der Waals surface area contributed by atoms with Crippen LogP contribution in [0.25, 0.3) is 10.3 Å². The number of rotatable bonds is 3. The highest BCUT2D eigenvalue weighted by atomic mass is 32.2. The van der Waals surface area contributed by atoms with Crippen molar-refractivity contribution >= 4 is 39.1 Å². The van der Waals surface area contributed by atoms with Crippen molar-refractivity contribution in [2.24, 2.45) is 5.92 Å². The average Bonchev–Trinajstić information content (AvgIpc) is 2.87. The number of thiazole rings is 1. The lowest BCUT2D eigenvalue weighted by Crippen LogP contribution is -2.24. The molecule has 5 heteroatoms. The fourth-order valence-corrected chi connectivity index (χ4v) is 5.83. The van der Waals surface area contributed by atoms with E-state index in [1.807, 2.05) is 11.8 Å². The Bertz CT molecular complexity index is 763. The van der Waals surface area contributed by atoms with Gasteiger partial charge < -0.3 is 5.73 Å². The number of nitrogens with zero attached hydrogens (tertiary/aromatic N) is 2. The Labute approximate surface area is 139 Å². The third-order valence-electron chi connectivity index (χ3n) is 4.65. The van der Waals surface area contributed by atoms with E-state index in [-0.39, 0.29) is 0 Å². The first-order valence-electron chi connectivity index (χ1n) is 8.04.